The maximum atomic E-state index is 13.9. The normalized spacial score (nSPS) is 24.2. The molecule has 1 saturated heterocycles. The number of sulfonamides is 1. The van der Waals surface area contributed by atoms with E-state index in [9.17, 15) is 12.8 Å². The minimum absolute atomic E-state index is 0.197. The van der Waals surface area contributed by atoms with Crippen molar-refractivity contribution in [3.05, 3.63) is 29.6 Å². The highest BCUT2D eigenvalue weighted by Gasteiger charge is 2.35. The Kier molecular flexibility index (Phi) is 4.98. The predicted molar refractivity (Wildman–Crippen MR) is 75.7 cm³/mol. The topological polar surface area (TPSA) is 66.8 Å². The molecule has 21 heavy (non-hydrogen) atoms. The molecule has 0 spiro atoms. The summed E-state index contributed by atoms with van der Waals surface area (Å²) in [6.45, 7) is 2.22. The zero-order valence-electron chi connectivity index (χ0n) is 12.1. The molecule has 1 heterocycles. The smallest absolute Gasteiger partial charge is 0.246 e. The third-order valence-electron chi connectivity index (χ3n) is 3.95. The first-order valence-corrected chi connectivity index (χ1v) is 8.26. The highest BCUT2D eigenvalue weighted by molar-refractivity contribution is 7.89. The lowest BCUT2D eigenvalue weighted by atomic mass is 9.97. The molecule has 1 fully saturated rings. The molecule has 0 aliphatic carbocycles. The van der Waals surface area contributed by atoms with Crippen molar-refractivity contribution >= 4 is 10.0 Å². The molecule has 2 unspecified atom stereocenters. The number of aliphatic hydroxyl groups excluding tert-OH is 1. The van der Waals surface area contributed by atoms with Crippen molar-refractivity contribution < 1.29 is 22.7 Å². The lowest BCUT2D eigenvalue weighted by Gasteiger charge is -2.35. The Labute approximate surface area is 124 Å². The number of methoxy groups -OCH3 is 1. The molecule has 2 rings (SSSR count). The standard InChI is InChI=1S/C14H20FNO4S/c1-10-5-6-16(8-13(10)20-2)21(18,19)14-7-11(9-17)3-4-12(14)15/h3-4,7,10,13,17H,5-6,8-9H2,1-2H3. The third-order valence-corrected chi connectivity index (χ3v) is 5.83. The fourth-order valence-electron chi connectivity index (χ4n) is 2.51. The van der Waals surface area contributed by atoms with Crippen LogP contribution in [0.25, 0.3) is 0 Å². The van der Waals surface area contributed by atoms with Crippen molar-refractivity contribution in [2.75, 3.05) is 20.2 Å². The zero-order chi connectivity index (χ0) is 15.6. The summed E-state index contributed by atoms with van der Waals surface area (Å²) in [5.74, 6) is -0.546. The Bertz CT molecular complexity index is 605. The van der Waals surface area contributed by atoms with Gasteiger partial charge in [0, 0.05) is 20.2 Å². The summed E-state index contributed by atoms with van der Waals surface area (Å²) in [6, 6.07) is 3.62. The van der Waals surface area contributed by atoms with Crippen molar-refractivity contribution in [3.8, 4) is 0 Å². The van der Waals surface area contributed by atoms with Crippen molar-refractivity contribution in [1.82, 2.24) is 4.31 Å². The maximum absolute atomic E-state index is 13.9. The average molecular weight is 317 g/mol. The van der Waals surface area contributed by atoms with Gasteiger partial charge in [-0.1, -0.05) is 13.0 Å². The summed E-state index contributed by atoms with van der Waals surface area (Å²) in [5.41, 5.74) is 0.364. The van der Waals surface area contributed by atoms with Crippen molar-refractivity contribution in [2.24, 2.45) is 5.92 Å². The molecule has 0 radical (unpaired) electrons. The first kappa shape index (κ1) is 16.4. The number of hydrogen-bond donors (Lipinski definition) is 1. The van der Waals surface area contributed by atoms with Crippen LogP contribution in [0.4, 0.5) is 4.39 Å². The van der Waals surface area contributed by atoms with Gasteiger partial charge >= 0.3 is 0 Å². The number of benzene rings is 1. The molecule has 7 heteroatoms. The molecule has 1 aliphatic rings. The molecule has 0 amide bonds. The van der Waals surface area contributed by atoms with E-state index in [1.54, 1.807) is 7.11 Å². The molecule has 1 aliphatic heterocycles. The number of rotatable bonds is 4. The summed E-state index contributed by atoms with van der Waals surface area (Å²) in [6.07, 6.45) is 0.469. The molecular formula is C14H20FNO4S. The van der Waals surface area contributed by atoms with Crippen LogP contribution in [0.3, 0.4) is 0 Å². The number of hydrogen-bond acceptors (Lipinski definition) is 4. The first-order chi connectivity index (χ1) is 9.90. The quantitative estimate of drug-likeness (QED) is 0.910. The molecule has 5 nitrogen and oxygen atoms in total. The highest BCUT2D eigenvalue weighted by atomic mass is 32.2. The van der Waals surface area contributed by atoms with Gasteiger partial charge in [0.25, 0.3) is 0 Å². The summed E-state index contributed by atoms with van der Waals surface area (Å²) >= 11 is 0. The fraction of sp³-hybridized carbons (Fsp3) is 0.571. The zero-order valence-corrected chi connectivity index (χ0v) is 12.9. The van der Waals surface area contributed by atoms with E-state index >= 15 is 0 Å². The minimum Gasteiger partial charge on any atom is -0.392 e. The van der Waals surface area contributed by atoms with Crippen LogP contribution in [0.5, 0.6) is 0 Å². The second kappa shape index (κ2) is 6.39. The van der Waals surface area contributed by atoms with Gasteiger partial charge in [-0.15, -0.1) is 0 Å². The number of nitrogens with zero attached hydrogens (tertiary/aromatic N) is 1. The van der Waals surface area contributed by atoms with Crippen LogP contribution < -0.4 is 0 Å². The van der Waals surface area contributed by atoms with Gasteiger partial charge < -0.3 is 9.84 Å². The van der Waals surface area contributed by atoms with Crippen molar-refractivity contribution in [3.63, 3.8) is 0 Å². The van der Waals surface area contributed by atoms with E-state index in [2.05, 4.69) is 0 Å². The van der Waals surface area contributed by atoms with Gasteiger partial charge in [-0.05, 0) is 30.0 Å². The molecule has 0 bridgehead atoms. The van der Waals surface area contributed by atoms with Gasteiger partial charge in [-0.3, -0.25) is 0 Å². The Morgan fingerprint density at radius 2 is 2.19 bits per heavy atom. The SMILES string of the molecule is COC1CN(S(=O)(=O)c2cc(CO)ccc2F)CCC1C. The highest BCUT2D eigenvalue weighted by Crippen LogP contribution is 2.27. The van der Waals surface area contributed by atoms with Crippen LogP contribution in [-0.4, -0.2) is 44.1 Å². The molecule has 1 aromatic carbocycles. The molecule has 0 aromatic heterocycles. The van der Waals surface area contributed by atoms with Gasteiger partial charge in [-0.25, -0.2) is 12.8 Å². The second-order valence-electron chi connectivity index (χ2n) is 5.33. The van der Waals surface area contributed by atoms with Crippen LogP contribution in [0.15, 0.2) is 23.1 Å². The predicted octanol–water partition coefficient (Wildman–Crippen LogP) is 1.36. The molecule has 1 N–H and O–H groups in total. The van der Waals surface area contributed by atoms with E-state index in [0.717, 1.165) is 6.07 Å². The van der Waals surface area contributed by atoms with Gasteiger partial charge in [-0.2, -0.15) is 4.31 Å². The van der Waals surface area contributed by atoms with Gasteiger partial charge in [0.1, 0.15) is 10.7 Å². The largest absolute Gasteiger partial charge is 0.392 e. The molecule has 118 valence electrons. The molecule has 2 atom stereocenters. The van der Waals surface area contributed by atoms with Crippen LogP contribution in [0, 0.1) is 11.7 Å². The van der Waals surface area contributed by atoms with Gasteiger partial charge in [0.2, 0.25) is 10.0 Å². The maximum Gasteiger partial charge on any atom is 0.246 e. The average Bonchev–Trinajstić information content (AvgIpc) is 2.47. The summed E-state index contributed by atoms with van der Waals surface area (Å²) in [7, 11) is -2.38. The number of ether oxygens (including phenoxy) is 1. The van der Waals surface area contributed by atoms with E-state index in [1.807, 2.05) is 6.92 Å². The van der Waals surface area contributed by atoms with Crippen LogP contribution >= 0.6 is 0 Å². The Hall–Kier alpha value is -1.02. The second-order valence-corrected chi connectivity index (χ2v) is 7.23. The lowest BCUT2D eigenvalue weighted by molar-refractivity contribution is 0.0183. The minimum atomic E-state index is -3.92. The van der Waals surface area contributed by atoms with Gasteiger partial charge in [0.15, 0.2) is 0 Å². The molecule has 0 saturated carbocycles. The molecular weight excluding hydrogens is 297 g/mol. The lowest BCUT2D eigenvalue weighted by Crippen LogP contribution is -2.46. The van der Waals surface area contributed by atoms with Crippen LogP contribution in [0.2, 0.25) is 0 Å². The Morgan fingerprint density at radius 3 is 2.81 bits per heavy atom. The van der Waals surface area contributed by atoms with Crippen LogP contribution in [-0.2, 0) is 21.4 Å². The Morgan fingerprint density at radius 1 is 1.48 bits per heavy atom. The third kappa shape index (κ3) is 3.26. The van der Waals surface area contributed by atoms with E-state index < -0.39 is 20.7 Å². The summed E-state index contributed by atoms with van der Waals surface area (Å²) < 4.78 is 45.6. The number of aliphatic hydroxyl groups is 1. The van der Waals surface area contributed by atoms with E-state index in [0.29, 0.717) is 18.5 Å². The number of halogens is 1. The first-order valence-electron chi connectivity index (χ1n) is 6.82. The van der Waals surface area contributed by atoms with Gasteiger partial charge in [0.05, 0.1) is 12.7 Å². The van der Waals surface area contributed by atoms with Crippen molar-refractivity contribution in [1.29, 1.82) is 0 Å². The van der Waals surface area contributed by atoms with Crippen molar-refractivity contribution in [2.45, 2.75) is 31.0 Å². The Balaban J connectivity index is 2.34. The van der Waals surface area contributed by atoms with E-state index in [-0.39, 0.29) is 25.2 Å². The summed E-state index contributed by atoms with van der Waals surface area (Å²) in [5, 5.41) is 9.09. The fourth-order valence-corrected chi connectivity index (χ4v) is 4.10. The summed E-state index contributed by atoms with van der Waals surface area (Å²) in [4.78, 5) is -0.390. The molecule has 1 aromatic rings. The monoisotopic (exact) mass is 317 g/mol. The number of piperidine rings is 1. The van der Waals surface area contributed by atoms with E-state index in [1.165, 1.54) is 16.4 Å². The van der Waals surface area contributed by atoms with E-state index in [4.69, 9.17) is 9.84 Å². The van der Waals surface area contributed by atoms with Crippen LogP contribution in [0.1, 0.15) is 18.9 Å².